The van der Waals surface area contributed by atoms with Crippen molar-refractivity contribution in [1.82, 2.24) is 4.90 Å². The second-order valence-corrected chi connectivity index (χ2v) is 5.20. The molecule has 0 radical (unpaired) electrons. The molecular formula is C14H21ClN2. The van der Waals surface area contributed by atoms with E-state index in [-0.39, 0.29) is 0 Å². The van der Waals surface area contributed by atoms with E-state index in [0.717, 1.165) is 22.8 Å². The molecule has 0 aromatic heterocycles. The Morgan fingerprint density at radius 3 is 2.76 bits per heavy atom. The number of nitrogens with one attached hydrogen (secondary N) is 1. The molecular weight excluding hydrogens is 232 g/mol. The number of benzene rings is 1. The molecule has 0 unspecified atom stereocenters. The van der Waals surface area contributed by atoms with Crippen molar-refractivity contribution >= 4 is 17.3 Å². The Hall–Kier alpha value is -0.730. The number of anilines is 1. The Morgan fingerprint density at radius 1 is 1.29 bits per heavy atom. The van der Waals surface area contributed by atoms with E-state index in [0.29, 0.717) is 0 Å². The van der Waals surface area contributed by atoms with Crippen LogP contribution in [0.5, 0.6) is 0 Å². The number of rotatable bonds is 5. The molecule has 1 N–H and O–H groups in total. The molecule has 94 valence electrons. The van der Waals surface area contributed by atoms with Gasteiger partial charge in [-0.05, 0) is 63.5 Å². The quantitative estimate of drug-likeness (QED) is 0.807. The van der Waals surface area contributed by atoms with E-state index in [2.05, 4.69) is 22.3 Å². The second-order valence-electron chi connectivity index (χ2n) is 4.79. The molecule has 1 aliphatic heterocycles. The number of hydrogen-bond donors (Lipinski definition) is 1. The normalized spacial score (nSPS) is 16.4. The van der Waals surface area contributed by atoms with Crippen LogP contribution in [0, 0.1) is 6.92 Å². The average Bonchev–Trinajstić information content (AvgIpc) is 2.82. The Balaban J connectivity index is 1.68. The summed E-state index contributed by atoms with van der Waals surface area (Å²) in [5, 5.41) is 4.27. The highest BCUT2D eigenvalue weighted by Crippen LogP contribution is 2.19. The summed E-state index contributed by atoms with van der Waals surface area (Å²) in [6.45, 7) is 6.84. The largest absolute Gasteiger partial charge is 0.385 e. The fourth-order valence-electron chi connectivity index (χ4n) is 2.24. The molecule has 1 heterocycles. The molecule has 0 atom stereocenters. The van der Waals surface area contributed by atoms with Gasteiger partial charge in [0.2, 0.25) is 0 Å². The van der Waals surface area contributed by atoms with Gasteiger partial charge in [-0.15, -0.1) is 0 Å². The van der Waals surface area contributed by atoms with Gasteiger partial charge in [0.25, 0.3) is 0 Å². The summed E-state index contributed by atoms with van der Waals surface area (Å²) in [4.78, 5) is 2.55. The van der Waals surface area contributed by atoms with Gasteiger partial charge in [0.15, 0.2) is 0 Å². The predicted molar refractivity (Wildman–Crippen MR) is 75.0 cm³/mol. The Morgan fingerprint density at radius 2 is 2.06 bits per heavy atom. The third-order valence-electron chi connectivity index (χ3n) is 3.35. The molecule has 2 nitrogen and oxygen atoms in total. The minimum atomic E-state index is 0.842. The fourth-order valence-corrected chi connectivity index (χ4v) is 2.42. The third kappa shape index (κ3) is 3.90. The molecule has 0 amide bonds. The number of halogens is 1. The highest BCUT2D eigenvalue weighted by molar-refractivity contribution is 6.31. The van der Waals surface area contributed by atoms with Crippen LogP contribution in [0.3, 0.4) is 0 Å². The van der Waals surface area contributed by atoms with Crippen molar-refractivity contribution < 1.29 is 0 Å². The van der Waals surface area contributed by atoms with Crippen LogP contribution in [0.1, 0.15) is 24.8 Å². The SMILES string of the molecule is Cc1ccc(NCCCN2CCCC2)cc1Cl. The van der Waals surface area contributed by atoms with E-state index in [1.54, 1.807) is 0 Å². The lowest BCUT2D eigenvalue weighted by Crippen LogP contribution is -2.22. The maximum absolute atomic E-state index is 6.08. The molecule has 0 bridgehead atoms. The van der Waals surface area contributed by atoms with Crippen molar-refractivity contribution in [3.63, 3.8) is 0 Å². The first-order valence-corrected chi connectivity index (χ1v) is 6.86. The van der Waals surface area contributed by atoms with Crippen LogP contribution in [0.4, 0.5) is 5.69 Å². The van der Waals surface area contributed by atoms with Gasteiger partial charge in [-0.3, -0.25) is 0 Å². The highest BCUT2D eigenvalue weighted by atomic mass is 35.5. The first-order valence-electron chi connectivity index (χ1n) is 6.48. The van der Waals surface area contributed by atoms with Crippen molar-refractivity contribution in [1.29, 1.82) is 0 Å². The van der Waals surface area contributed by atoms with Crippen molar-refractivity contribution in [3.8, 4) is 0 Å². The molecule has 0 spiro atoms. The van der Waals surface area contributed by atoms with Gasteiger partial charge in [-0.2, -0.15) is 0 Å². The smallest absolute Gasteiger partial charge is 0.0455 e. The van der Waals surface area contributed by atoms with E-state index in [9.17, 15) is 0 Å². The van der Waals surface area contributed by atoms with Gasteiger partial charge in [-0.25, -0.2) is 0 Å². The van der Waals surface area contributed by atoms with E-state index in [4.69, 9.17) is 11.6 Å². The number of likely N-dealkylation sites (tertiary alicyclic amines) is 1. The zero-order chi connectivity index (χ0) is 12.1. The van der Waals surface area contributed by atoms with E-state index < -0.39 is 0 Å². The first-order chi connectivity index (χ1) is 8.25. The lowest BCUT2D eigenvalue weighted by atomic mass is 10.2. The van der Waals surface area contributed by atoms with Gasteiger partial charge in [-0.1, -0.05) is 17.7 Å². The van der Waals surface area contributed by atoms with Gasteiger partial charge >= 0.3 is 0 Å². The molecule has 1 fully saturated rings. The lowest BCUT2D eigenvalue weighted by Gasteiger charge is -2.14. The predicted octanol–water partition coefficient (Wildman–Crippen LogP) is 3.55. The Kier molecular flexibility index (Phi) is 4.69. The third-order valence-corrected chi connectivity index (χ3v) is 3.76. The van der Waals surface area contributed by atoms with Crippen LogP contribution >= 0.6 is 11.6 Å². The molecule has 3 heteroatoms. The summed E-state index contributed by atoms with van der Waals surface area (Å²) in [6.07, 6.45) is 3.95. The number of aryl methyl sites for hydroxylation is 1. The zero-order valence-corrected chi connectivity index (χ0v) is 11.3. The fraction of sp³-hybridized carbons (Fsp3) is 0.571. The number of hydrogen-bond acceptors (Lipinski definition) is 2. The molecule has 1 saturated heterocycles. The topological polar surface area (TPSA) is 15.3 Å². The van der Waals surface area contributed by atoms with Crippen LogP contribution in [0.25, 0.3) is 0 Å². The zero-order valence-electron chi connectivity index (χ0n) is 10.5. The van der Waals surface area contributed by atoms with E-state index >= 15 is 0 Å². The summed E-state index contributed by atoms with van der Waals surface area (Å²) in [5.41, 5.74) is 2.26. The van der Waals surface area contributed by atoms with Gasteiger partial charge < -0.3 is 10.2 Å². The van der Waals surface area contributed by atoms with Crippen LogP contribution < -0.4 is 5.32 Å². The van der Waals surface area contributed by atoms with Crippen LogP contribution in [-0.4, -0.2) is 31.1 Å². The minimum Gasteiger partial charge on any atom is -0.385 e. The lowest BCUT2D eigenvalue weighted by molar-refractivity contribution is 0.337. The maximum atomic E-state index is 6.08. The highest BCUT2D eigenvalue weighted by Gasteiger charge is 2.09. The molecule has 1 aromatic carbocycles. The molecule has 0 saturated carbocycles. The van der Waals surface area contributed by atoms with E-state index in [1.807, 2.05) is 13.0 Å². The van der Waals surface area contributed by atoms with Gasteiger partial charge in [0, 0.05) is 17.3 Å². The molecule has 1 aliphatic rings. The first kappa shape index (κ1) is 12.7. The summed E-state index contributed by atoms with van der Waals surface area (Å²) in [5.74, 6) is 0. The second kappa shape index (κ2) is 6.27. The molecule has 2 rings (SSSR count). The van der Waals surface area contributed by atoms with Crippen molar-refractivity contribution in [2.24, 2.45) is 0 Å². The average molecular weight is 253 g/mol. The minimum absolute atomic E-state index is 0.842. The van der Waals surface area contributed by atoms with Crippen molar-refractivity contribution in [2.45, 2.75) is 26.2 Å². The van der Waals surface area contributed by atoms with Crippen molar-refractivity contribution in [3.05, 3.63) is 28.8 Å². The van der Waals surface area contributed by atoms with Crippen LogP contribution in [0.2, 0.25) is 5.02 Å². The van der Waals surface area contributed by atoms with Gasteiger partial charge in [0.05, 0.1) is 0 Å². The number of nitrogens with zero attached hydrogens (tertiary/aromatic N) is 1. The summed E-state index contributed by atoms with van der Waals surface area (Å²) >= 11 is 6.08. The van der Waals surface area contributed by atoms with Gasteiger partial charge in [0.1, 0.15) is 0 Å². The monoisotopic (exact) mass is 252 g/mol. The summed E-state index contributed by atoms with van der Waals surface area (Å²) < 4.78 is 0. The van der Waals surface area contributed by atoms with E-state index in [1.165, 1.54) is 38.9 Å². The van der Waals surface area contributed by atoms with Crippen molar-refractivity contribution in [2.75, 3.05) is 31.5 Å². The maximum Gasteiger partial charge on any atom is 0.0455 e. The summed E-state index contributed by atoms with van der Waals surface area (Å²) in [6, 6.07) is 6.16. The van der Waals surface area contributed by atoms with Crippen LogP contribution in [-0.2, 0) is 0 Å². The Bertz CT molecular complexity index is 359. The standard InChI is InChI=1S/C14H21ClN2/c1-12-5-6-13(11-14(12)15)16-7-4-10-17-8-2-3-9-17/h5-6,11,16H,2-4,7-10H2,1H3. The molecule has 0 aliphatic carbocycles. The van der Waals surface area contributed by atoms with Crippen LogP contribution in [0.15, 0.2) is 18.2 Å². The Labute approximate surface area is 109 Å². The molecule has 1 aromatic rings. The molecule has 17 heavy (non-hydrogen) atoms. The summed E-state index contributed by atoms with van der Waals surface area (Å²) in [7, 11) is 0.